The van der Waals surface area contributed by atoms with E-state index in [4.69, 9.17) is 15.2 Å². The third-order valence-corrected chi connectivity index (χ3v) is 10.9. The second kappa shape index (κ2) is 7.35. The second-order valence-corrected chi connectivity index (χ2v) is 10.8. The smallest absolute Gasteiger partial charge is 0.176 e. The molecule has 0 bridgehead atoms. The second-order valence-electron chi connectivity index (χ2n) is 3.34. The minimum atomic E-state index is 0.637. The number of hydrogen-bond donors (Lipinski definition) is 1. The van der Waals surface area contributed by atoms with Gasteiger partial charge < -0.3 is 15.2 Å². The number of ether oxygens (including phenoxy) is 2. The first-order chi connectivity index (χ1) is 8.81. The molecule has 1 aromatic carbocycles. The molecule has 0 spiro atoms. The lowest BCUT2D eigenvalue weighted by atomic mass is 10.1. The molecule has 1 aromatic rings. The third kappa shape index (κ3) is 3.16. The molecule has 1 aliphatic rings. The zero-order valence-corrected chi connectivity index (χ0v) is 14.0. The van der Waals surface area contributed by atoms with Gasteiger partial charge in [-0.2, -0.15) is 0 Å². The average molecular weight is 340 g/mol. The van der Waals surface area contributed by atoms with Crippen molar-refractivity contribution in [1.29, 1.82) is 0 Å². The molecule has 0 fully saturated rings. The number of benzene rings is 1. The lowest BCUT2D eigenvalue weighted by Gasteiger charge is -2.17. The van der Waals surface area contributed by atoms with Crippen molar-refractivity contribution >= 4 is 51.1 Å². The van der Waals surface area contributed by atoms with Crippen LogP contribution in [0.1, 0.15) is 5.56 Å². The average Bonchev–Trinajstić information content (AvgIpc) is 2.64. The monoisotopic (exact) mass is 339 g/mol. The van der Waals surface area contributed by atoms with Crippen molar-refractivity contribution in [1.82, 2.24) is 0 Å². The number of methoxy groups -OCH3 is 2. The Balaban J connectivity index is 2.55. The molecule has 0 amide bonds. The molecule has 2 rings (SSSR count). The van der Waals surface area contributed by atoms with Crippen LogP contribution in [0.3, 0.4) is 0 Å². The van der Waals surface area contributed by atoms with Gasteiger partial charge in [0.1, 0.15) is 0 Å². The summed E-state index contributed by atoms with van der Waals surface area (Å²) in [5.41, 5.74) is 6.92. The summed E-state index contributed by atoms with van der Waals surface area (Å²) in [4.78, 5) is 2.40. The zero-order valence-electron chi connectivity index (χ0n) is 9.93. The Labute approximate surface area is 126 Å². The highest BCUT2D eigenvalue weighted by Crippen LogP contribution is 2.63. The summed E-state index contributed by atoms with van der Waals surface area (Å²) in [5, 5.41) is 0. The van der Waals surface area contributed by atoms with Crippen LogP contribution in [-0.4, -0.2) is 20.8 Å². The molecular weight excluding hydrogens is 326 g/mol. The predicted molar refractivity (Wildman–Crippen MR) is 86.8 cm³/mol. The van der Waals surface area contributed by atoms with Crippen molar-refractivity contribution in [3.8, 4) is 11.5 Å². The minimum absolute atomic E-state index is 0.637. The van der Waals surface area contributed by atoms with Crippen LogP contribution in [0.25, 0.3) is 0 Å². The number of fused-ring (bicyclic) bond motifs is 1. The molecule has 3 nitrogen and oxygen atoms in total. The number of hydrogen-bond acceptors (Lipinski definition) is 8. The first-order valence-electron chi connectivity index (χ1n) is 5.14. The topological polar surface area (TPSA) is 44.5 Å². The summed E-state index contributed by atoms with van der Waals surface area (Å²) >= 11 is 0. The molecule has 18 heavy (non-hydrogen) atoms. The summed E-state index contributed by atoms with van der Waals surface area (Å²) in [6.45, 7) is 0.637. The van der Waals surface area contributed by atoms with Crippen molar-refractivity contribution in [2.75, 3.05) is 20.8 Å². The van der Waals surface area contributed by atoms with E-state index in [0.717, 1.165) is 22.8 Å². The Hall–Kier alpha value is 0.530. The summed E-state index contributed by atoms with van der Waals surface area (Å²) in [5.74, 6) is 1.60. The van der Waals surface area contributed by atoms with E-state index >= 15 is 0 Å². The van der Waals surface area contributed by atoms with Gasteiger partial charge >= 0.3 is 0 Å². The van der Waals surface area contributed by atoms with Crippen LogP contribution in [0.2, 0.25) is 0 Å². The van der Waals surface area contributed by atoms with E-state index in [9.17, 15) is 0 Å². The fourth-order valence-corrected chi connectivity index (χ4v) is 10.9. The van der Waals surface area contributed by atoms with Crippen LogP contribution in [-0.2, 0) is 6.42 Å². The van der Waals surface area contributed by atoms with Crippen molar-refractivity contribution in [3.05, 3.63) is 11.6 Å². The highest BCUT2D eigenvalue weighted by Gasteiger charge is 2.23. The maximum absolute atomic E-state index is 5.69. The van der Waals surface area contributed by atoms with Crippen molar-refractivity contribution in [2.24, 2.45) is 5.73 Å². The first-order valence-corrected chi connectivity index (χ1v) is 11.3. The van der Waals surface area contributed by atoms with Crippen molar-refractivity contribution in [3.63, 3.8) is 0 Å². The molecule has 1 aliphatic heterocycles. The van der Waals surface area contributed by atoms with Crippen LogP contribution >= 0.6 is 51.1 Å². The summed E-state index contributed by atoms with van der Waals surface area (Å²) in [6, 6.07) is 2.04. The van der Waals surface area contributed by atoms with Gasteiger partial charge in [0.15, 0.2) is 11.5 Å². The van der Waals surface area contributed by atoms with Gasteiger partial charge in [-0.3, -0.25) is 0 Å². The molecule has 2 N–H and O–H groups in total. The van der Waals surface area contributed by atoms with E-state index < -0.39 is 0 Å². The van der Waals surface area contributed by atoms with Crippen molar-refractivity contribution in [2.45, 2.75) is 16.2 Å². The first kappa shape index (κ1) is 14.9. The maximum Gasteiger partial charge on any atom is 0.176 e. The molecule has 0 unspecified atom stereocenters. The van der Waals surface area contributed by atoms with E-state index in [1.807, 2.05) is 6.07 Å². The normalized spacial score (nSPS) is 14.8. The van der Waals surface area contributed by atoms with E-state index in [1.165, 1.54) is 10.5 Å². The Morgan fingerprint density at radius 2 is 1.78 bits per heavy atom. The van der Waals surface area contributed by atoms with Gasteiger partial charge in [-0.1, -0.05) is 0 Å². The quantitative estimate of drug-likeness (QED) is 0.816. The maximum atomic E-state index is 5.69. The largest absolute Gasteiger partial charge is 0.493 e. The van der Waals surface area contributed by atoms with Crippen LogP contribution in [0.4, 0.5) is 0 Å². The van der Waals surface area contributed by atoms with Gasteiger partial charge in [-0.05, 0) is 75.7 Å². The lowest BCUT2D eigenvalue weighted by molar-refractivity contribution is 0.345. The summed E-state index contributed by atoms with van der Waals surface area (Å²) in [7, 11) is 12.1. The predicted octanol–water partition coefficient (Wildman–Crippen LogP) is 4.26. The van der Waals surface area contributed by atoms with E-state index in [-0.39, 0.29) is 0 Å². The zero-order chi connectivity index (χ0) is 13.0. The van der Waals surface area contributed by atoms with Crippen LogP contribution in [0.5, 0.6) is 11.5 Å². The minimum Gasteiger partial charge on any atom is -0.493 e. The van der Waals surface area contributed by atoms with Gasteiger partial charge in [0, 0.05) is 4.90 Å². The van der Waals surface area contributed by atoms with E-state index in [2.05, 4.69) is 0 Å². The molecule has 0 aliphatic carbocycles. The Morgan fingerprint density at radius 1 is 1.06 bits per heavy atom. The molecule has 1 heterocycles. The molecule has 8 heteroatoms. The van der Waals surface area contributed by atoms with E-state index in [1.54, 1.807) is 65.3 Å². The molecule has 0 radical (unpaired) electrons. The van der Waals surface area contributed by atoms with Crippen LogP contribution in [0, 0.1) is 0 Å². The van der Waals surface area contributed by atoms with Gasteiger partial charge in [-0.25, -0.2) is 0 Å². The summed E-state index contributed by atoms with van der Waals surface area (Å²) in [6.07, 6.45) is 0.853. The third-order valence-electron chi connectivity index (χ3n) is 2.36. The fraction of sp³-hybridized carbons (Fsp3) is 0.400. The standard InChI is InChI=1S/C10H13NO2S5/c1-12-7-5-6(3-4-11)9-10(8(7)13-2)15-17-18-16-14-9/h5H,3-4,11H2,1-2H3. The number of rotatable bonds is 4. The lowest BCUT2D eigenvalue weighted by Crippen LogP contribution is -2.05. The molecule has 0 atom stereocenters. The van der Waals surface area contributed by atoms with Gasteiger partial charge in [0.25, 0.3) is 0 Å². The Kier molecular flexibility index (Phi) is 6.10. The van der Waals surface area contributed by atoms with Gasteiger partial charge in [-0.15, -0.1) is 0 Å². The Bertz CT molecular complexity index is 429. The molecule has 100 valence electrons. The molecule has 0 saturated carbocycles. The highest BCUT2D eigenvalue weighted by atomic mass is 33.8. The van der Waals surface area contributed by atoms with Crippen molar-refractivity contribution < 1.29 is 9.47 Å². The summed E-state index contributed by atoms with van der Waals surface area (Å²) < 4.78 is 10.9. The van der Waals surface area contributed by atoms with Gasteiger partial charge in [0.05, 0.1) is 19.1 Å². The molecule has 0 saturated heterocycles. The molecular formula is C10H13NO2S5. The highest BCUT2D eigenvalue weighted by molar-refractivity contribution is 9.36. The number of nitrogens with two attached hydrogens (primary N) is 1. The molecule has 0 aromatic heterocycles. The SMILES string of the molecule is COc1cc(CCN)c2c(c1OC)SSSSS2. The van der Waals surface area contributed by atoms with Crippen LogP contribution in [0.15, 0.2) is 15.9 Å². The van der Waals surface area contributed by atoms with E-state index in [0.29, 0.717) is 6.54 Å². The van der Waals surface area contributed by atoms with Gasteiger partial charge in [0.2, 0.25) is 0 Å². The fourth-order valence-electron chi connectivity index (χ4n) is 1.61. The van der Waals surface area contributed by atoms with Crippen LogP contribution < -0.4 is 15.2 Å². The Morgan fingerprint density at radius 3 is 2.39 bits per heavy atom.